The summed E-state index contributed by atoms with van der Waals surface area (Å²) in [4.78, 5) is 18.1. The van der Waals surface area contributed by atoms with Crippen LogP contribution in [0.5, 0.6) is 0 Å². The van der Waals surface area contributed by atoms with E-state index in [1.807, 2.05) is 0 Å². The number of carboxylic acid groups (broad SMARTS) is 1. The van der Waals surface area contributed by atoms with Gasteiger partial charge in [0, 0.05) is 0 Å². The van der Waals surface area contributed by atoms with Crippen molar-refractivity contribution in [2.45, 2.75) is 9.92 Å². The molecule has 1 N–H and O–H groups in total. The molecule has 1 heterocycles. The van der Waals surface area contributed by atoms with Gasteiger partial charge in [-0.1, -0.05) is 11.8 Å². The van der Waals surface area contributed by atoms with E-state index in [-0.39, 0.29) is 15.6 Å². The van der Waals surface area contributed by atoms with E-state index < -0.39 is 17.6 Å². The summed E-state index contributed by atoms with van der Waals surface area (Å²) in [6, 6.07) is 3.00. The number of rotatable bonds is 3. The van der Waals surface area contributed by atoms with Crippen LogP contribution in [0.2, 0.25) is 0 Å². The molecule has 0 aliphatic heterocycles. The number of hydrogen-bond donors (Lipinski definition) is 1. The zero-order valence-corrected chi connectivity index (χ0v) is 9.62. The van der Waals surface area contributed by atoms with Gasteiger partial charge in [-0.3, -0.25) is 4.98 Å². The molecule has 0 saturated heterocycles. The van der Waals surface area contributed by atoms with Gasteiger partial charge in [-0.25, -0.2) is 18.6 Å². The normalized spacial score (nSPS) is 10.3. The highest BCUT2D eigenvalue weighted by Crippen LogP contribution is 2.28. The van der Waals surface area contributed by atoms with E-state index in [0.29, 0.717) is 0 Å². The summed E-state index contributed by atoms with van der Waals surface area (Å²) in [6.45, 7) is 0. The third-order valence-electron chi connectivity index (χ3n) is 1.94. The summed E-state index contributed by atoms with van der Waals surface area (Å²) < 4.78 is 26.3. The predicted molar refractivity (Wildman–Crippen MR) is 59.5 cm³/mol. The average Bonchev–Trinajstić information content (AvgIpc) is 2.34. The van der Waals surface area contributed by atoms with Crippen molar-refractivity contribution in [3.8, 4) is 0 Å². The highest BCUT2D eigenvalue weighted by molar-refractivity contribution is 7.99. The van der Waals surface area contributed by atoms with Crippen molar-refractivity contribution in [2.75, 3.05) is 0 Å². The molecule has 2 aromatic rings. The summed E-state index contributed by atoms with van der Waals surface area (Å²) in [5, 5.41) is 8.91. The van der Waals surface area contributed by atoms with Gasteiger partial charge in [-0.05, 0) is 18.2 Å². The number of carbonyl (C=O) groups is 1. The van der Waals surface area contributed by atoms with Crippen LogP contribution < -0.4 is 0 Å². The standard InChI is InChI=1S/C11H6F2N2O2S/c12-6-1-2-7(13)9(3-6)18-10-5-14-4-8(15-10)11(16)17/h1-5H,(H,16,17). The van der Waals surface area contributed by atoms with Crippen LogP contribution in [0.4, 0.5) is 8.78 Å². The first-order chi connectivity index (χ1) is 8.56. The molecule has 0 unspecified atom stereocenters. The lowest BCUT2D eigenvalue weighted by Gasteiger charge is -2.03. The first-order valence-corrected chi connectivity index (χ1v) is 5.56. The number of nitrogens with zero attached hydrogens (tertiary/aromatic N) is 2. The van der Waals surface area contributed by atoms with Crippen molar-refractivity contribution in [3.63, 3.8) is 0 Å². The molecule has 0 amide bonds. The van der Waals surface area contributed by atoms with E-state index in [4.69, 9.17) is 5.11 Å². The van der Waals surface area contributed by atoms with E-state index in [2.05, 4.69) is 9.97 Å². The van der Waals surface area contributed by atoms with Gasteiger partial charge in [0.1, 0.15) is 16.7 Å². The van der Waals surface area contributed by atoms with E-state index in [0.717, 1.165) is 36.2 Å². The largest absolute Gasteiger partial charge is 0.476 e. The minimum Gasteiger partial charge on any atom is -0.476 e. The predicted octanol–water partition coefficient (Wildman–Crippen LogP) is 2.60. The van der Waals surface area contributed by atoms with Crippen molar-refractivity contribution >= 4 is 17.7 Å². The lowest BCUT2D eigenvalue weighted by Crippen LogP contribution is -2.01. The lowest BCUT2D eigenvalue weighted by molar-refractivity contribution is 0.0689. The van der Waals surface area contributed by atoms with E-state index in [1.54, 1.807) is 0 Å². The molecule has 18 heavy (non-hydrogen) atoms. The maximum atomic E-state index is 13.4. The molecular formula is C11H6F2N2O2S. The maximum absolute atomic E-state index is 13.4. The van der Waals surface area contributed by atoms with Crippen LogP contribution in [0.25, 0.3) is 0 Å². The molecule has 2 rings (SSSR count). The Labute approximate surface area is 105 Å². The van der Waals surface area contributed by atoms with Crippen LogP contribution in [0.1, 0.15) is 10.5 Å². The molecule has 4 nitrogen and oxygen atoms in total. The Morgan fingerprint density at radius 3 is 2.78 bits per heavy atom. The molecule has 1 aromatic heterocycles. The van der Waals surface area contributed by atoms with Crippen molar-refractivity contribution in [1.82, 2.24) is 9.97 Å². The van der Waals surface area contributed by atoms with Gasteiger partial charge in [-0.2, -0.15) is 0 Å². The molecule has 0 bridgehead atoms. The van der Waals surface area contributed by atoms with Crippen LogP contribution in [0.15, 0.2) is 40.5 Å². The highest BCUT2D eigenvalue weighted by atomic mass is 32.2. The quantitative estimate of drug-likeness (QED) is 0.927. The number of aromatic nitrogens is 2. The molecule has 1 aromatic carbocycles. The molecule has 7 heteroatoms. The third-order valence-corrected chi connectivity index (χ3v) is 2.88. The fourth-order valence-corrected chi connectivity index (χ4v) is 1.99. The summed E-state index contributed by atoms with van der Waals surface area (Å²) in [5.74, 6) is -2.42. The molecule has 0 aliphatic rings. The zero-order valence-electron chi connectivity index (χ0n) is 8.80. The molecule has 92 valence electrons. The van der Waals surface area contributed by atoms with Crippen molar-refractivity contribution < 1.29 is 18.7 Å². The van der Waals surface area contributed by atoms with Gasteiger partial charge in [0.15, 0.2) is 5.69 Å². The number of halogens is 2. The number of hydrogen-bond acceptors (Lipinski definition) is 4. The maximum Gasteiger partial charge on any atom is 0.356 e. The lowest BCUT2D eigenvalue weighted by atomic mass is 10.3. The van der Waals surface area contributed by atoms with Gasteiger partial charge in [0.05, 0.1) is 17.3 Å². The fraction of sp³-hybridized carbons (Fsp3) is 0. The van der Waals surface area contributed by atoms with Crippen molar-refractivity contribution in [1.29, 1.82) is 0 Å². The van der Waals surface area contributed by atoms with Gasteiger partial charge >= 0.3 is 5.97 Å². The van der Waals surface area contributed by atoms with Crippen LogP contribution in [0.3, 0.4) is 0 Å². The Morgan fingerprint density at radius 1 is 1.28 bits per heavy atom. The zero-order chi connectivity index (χ0) is 13.1. The minimum absolute atomic E-state index is 0.0202. The van der Waals surface area contributed by atoms with E-state index in [9.17, 15) is 13.6 Å². The Kier molecular flexibility index (Phi) is 3.52. The van der Waals surface area contributed by atoms with E-state index >= 15 is 0 Å². The third kappa shape index (κ3) is 2.80. The highest BCUT2D eigenvalue weighted by Gasteiger charge is 2.10. The molecular weight excluding hydrogens is 262 g/mol. The van der Waals surface area contributed by atoms with Gasteiger partial charge < -0.3 is 5.11 Å². The number of aromatic carboxylic acids is 1. The second-order valence-electron chi connectivity index (χ2n) is 3.22. The number of benzene rings is 1. The summed E-state index contributed by atoms with van der Waals surface area (Å²) in [7, 11) is 0. The topological polar surface area (TPSA) is 63.1 Å². The Bertz CT molecular complexity index is 607. The smallest absolute Gasteiger partial charge is 0.356 e. The molecule has 0 radical (unpaired) electrons. The van der Waals surface area contributed by atoms with Gasteiger partial charge in [0.2, 0.25) is 0 Å². The van der Waals surface area contributed by atoms with Crippen molar-refractivity contribution in [2.24, 2.45) is 0 Å². The Morgan fingerprint density at radius 2 is 2.06 bits per heavy atom. The number of carboxylic acids is 1. The Balaban J connectivity index is 2.31. The molecule has 0 fully saturated rings. The SMILES string of the molecule is O=C(O)c1cncc(Sc2cc(F)ccc2F)n1. The van der Waals surface area contributed by atoms with Crippen molar-refractivity contribution in [3.05, 3.63) is 47.9 Å². The van der Waals surface area contributed by atoms with Gasteiger partial charge in [-0.15, -0.1) is 0 Å². The molecule has 0 aliphatic carbocycles. The summed E-state index contributed by atoms with van der Waals surface area (Å²) >= 11 is 0.808. The van der Waals surface area contributed by atoms with Gasteiger partial charge in [0.25, 0.3) is 0 Å². The minimum atomic E-state index is -1.23. The Hall–Kier alpha value is -2.02. The second-order valence-corrected chi connectivity index (χ2v) is 4.29. The molecule has 0 saturated carbocycles. The van der Waals surface area contributed by atoms with E-state index in [1.165, 1.54) is 6.20 Å². The fourth-order valence-electron chi connectivity index (χ4n) is 1.17. The average molecular weight is 268 g/mol. The van der Waals surface area contributed by atoms with Crippen LogP contribution in [-0.4, -0.2) is 21.0 Å². The van der Waals surface area contributed by atoms with Crippen LogP contribution in [-0.2, 0) is 0 Å². The first kappa shape index (κ1) is 12.4. The van der Waals surface area contributed by atoms with Crippen LogP contribution in [0, 0.1) is 11.6 Å². The summed E-state index contributed by atoms with van der Waals surface area (Å²) in [6.07, 6.45) is 2.36. The first-order valence-electron chi connectivity index (χ1n) is 4.74. The second kappa shape index (κ2) is 5.09. The molecule has 0 spiro atoms. The van der Waals surface area contributed by atoms with Crippen LogP contribution >= 0.6 is 11.8 Å². The molecule has 0 atom stereocenters. The summed E-state index contributed by atoms with van der Waals surface area (Å²) in [5.41, 5.74) is -0.253. The monoisotopic (exact) mass is 268 g/mol.